The molecule has 0 radical (unpaired) electrons. The van der Waals surface area contributed by atoms with Gasteiger partial charge in [0.25, 0.3) is 0 Å². The van der Waals surface area contributed by atoms with E-state index in [1.54, 1.807) is 0 Å². The molecule has 3 atom stereocenters. The quantitative estimate of drug-likeness (QED) is 0.788. The van der Waals surface area contributed by atoms with Gasteiger partial charge < -0.3 is 10.6 Å². The van der Waals surface area contributed by atoms with Crippen LogP contribution in [0, 0.1) is 5.92 Å². The summed E-state index contributed by atoms with van der Waals surface area (Å²) in [5, 5.41) is 6.70. The van der Waals surface area contributed by atoms with E-state index in [1.807, 2.05) is 0 Å². The standard InChI is InChI=1S/C14H26N2O/c1-11-5-4-7-13(11)16-14(17)9-8-12-6-2-3-10-15-12/h11-13,15H,2-10H2,1H3,(H,16,17). The molecule has 1 saturated carbocycles. The molecule has 3 heteroatoms. The molecule has 2 fully saturated rings. The molecular weight excluding hydrogens is 212 g/mol. The Morgan fingerprint density at radius 2 is 2.12 bits per heavy atom. The predicted octanol–water partition coefficient (Wildman–Crippen LogP) is 2.21. The average Bonchev–Trinajstić information content (AvgIpc) is 2.74. The SMILES string of the molecule is CC1CCCC1NC(=O)CCC1CCCCN1. The van der Waals surface area contributed by atoms with Crippen molar-refractivity contribution in [3.05, 3.63) is 0 Å². The van der Waals surface area contributed by atoms with Gasteiger partial charge in [-0.3, -0.25) is 4.79 Å². The van der Waals surface area contributed by atoms with Gasteiger partial charge in [-0.05, 0) is 44.6 Å². The van der Waals surface area contributed by atoms with E-state index in [2.05, 4.69) is 17.6 Å². The van der Waals surface area contributed by atoms with Crippen LogP contribution in [0.1, 0.15) is 58.3 Å². The second-order valence-electron chi connectivity index (χ2n) is 5.77. The number of carbonyl (C=O) groups excluding carboxylic acids is 1. The number of amides is 1. The normalized spacial score (nSPS) is 33.6. The zero-order valence-electron chi connectivity index (χ0n) is 11.0. The first-order valence-corrected chi connectivity index (χ1v) is 7.28. The van der Waals surface area contributed by atoms with Crippen LogP contribution in [-0.4, -0.2) is 24.5 Å². The summed E-state index contributed by atoms with van der Waals surface area (Å²) >= 11 is 0. The lowest BCUT2D eigenvalue weighted by molar-refractivity contribution is -0.122. The number of hydrogen-bond donors (Lipinski definition) is 2. The molecule has 0 aromatic heterocycles. The Hall–Kier alpha value is -0.570. The van der Waals surface area contributed by atoms with Crippen LogP contribution in [0.25, 0.3) is 0 Å². The summed E-state index contributed by atoms with van der Waals surface area (Å²) in [6.45, 7) is 3.38. The van der Waals surface area contributed by atoms with Crippen molar-refractivity contribution >= 4 is 5.91 Å². The maximum Gasteiger partial charge on any atom is 0.220 e. The monoisotopic (exact) mass is 238 g/mol. The fourth-order valence-corrected chi connectivity index (χ4v) is 3.11. The van der Waals surface area contributed by atoms with Gasteiger partial charge in [-0.1, -0.05) is 19.8 Å². The van der Waals surface area contributed by atoms with Crippen molar-refractivity contribution in [2.75, 3.05) is 6.54 Å². The molecular formula is C14H26N2O. The Kier molecular flexibility index (Phi) is 4.84. The van der Waals surface area contributed by atoms with Crippen LogP contribution in [0.3, 0.4) is 0 Å². The molecule has 3 unspecified atom stereocenters. The van der Waals surface area contributed by atoms with E-state index in [1.165, 1.54) is 38.5 Å². The highest BCUT2D eigenvalue weighted by Crippen LogP contribution is 2.24. The van der Waals surface area contributed by atoms with Crippen LogP contribution < -0.4 is 10.6 Å². The second-order valence-corrected chi connectivity index (χ2v) is 5.77. The Morgan fingerprint density at radius 3 is 2.76 bits per heavy atom. The largest absolute Gasteiger partial charge is 0.353 e. The Bertz CT molecular complexity index is 249. The van der Waals surface area contributed by atoms with Crippen LogP contribution in [0.5, 0.6) is 0 Å². The highest BCUT2D eigenvalue weighted by atomic mass is 16.1. The van der Waals surface area contributed by atoms with Gasteiger partial charge in [0, 0.05) is 18.5 Å². The molecule has 1 saturated heterocycles. The Balaban J connectivity index is 1.63. The minimum Gasteiger partial charge on any atom is -0.353 e. The Morgan fingerprint density at radius 1 is 1.24 bits per heavy atom. The fraction of sp³-hybridized carbons (Fsp3) is 0.929. The summed E-state index contributed by atoms with van der Waals surface area (Å²) in [5.41, 5.74) is 0. The van der Waals surface area contributed by atoms with Crippen LogP contribution in [0.4, 0.5) is 0 Å². The summed E-state index contributed by atoms with van der Waals surface area (Å²) in [4.78, 5) is 11.8. The first-order chi connectivity index (χ1) is 8.25. The summed E-state index contributed by atoms with van der Waals surface area (Å²) in [6.07, 6.45) is 9.28. The summed E-state index contributed by atoms with van der Waals surface area (Å²) in [5.74, 6) is 0.933. The maximum absolute atomic E-state index is 11.8. The van der Waals surface area contributed by atoms with E-state index >= 15 is 0 Å². The van der Waals surface area contributed by atoms with E-state index in [4.69, 9.17) is 0 Å². The van der Waals surface area contributed by atoms with E-state index in [0.717, 1.165) is 13.0 Å². The summed E-state index contributed by atoms with van der Waals surface area (Å²) in [7, 11) is 0. The van der Waals surface area contributed by atoms with Crippen molar-refractivity contribution in [3.63, 3.8) is 0 Å². The van der Waals surface area contributed by atoms with Crippen LogP contribution in [0.2, 0.25) is 0 Å². The van der Waals surface area contributed by atoms with Gasteiger partial charge >= 0.3 is 0 Å². The molecule has 98 valence electrons. The third-order valence-electron chi connectivity index (χ3n) is 4.34. The van der Waals surface area contributed by atoms with Gasteiger partial charge in [0.2, 0.25) is 5.91 Å². The van der Waals surface area contributed by atoms with E-state index < -0.39 is 0 Å². The van der Waals surface area contributed by atoms with Gasteiger partial charge in [0.15, 0.2) is 0 Å². The van der Waals surface area contributed by atoms with Crippen molar-refractivity contribution in [1.82, 2.24) is 10.6 Å². The number of rotatable bonds is 4. The molecule has 0 spiro atoms. The molecule has 2 rings (SSSR count). The van der Waals surface area contributed by atoms with Crippen molar-refractivity contribution in [2.45, 2.75) is 70.4 Å². The lowest BCUT2D eigenvalue weighted by atomic mass is 10.00. The summed E-state index contributed by atoms with van der Waals surface area (Å²) in [6, 6.07) is 1.03. The molecule has 1 heterocycles. The molecule has 0 bridgehead atoms. The second kappa shape index (κ2) is 6.39. The molecule has 17 heavy (non-hydrogen) atoms. The van der Waals surface area contributed by atoms with Gasteiger partial charge in [0.05, 0.1) is 0 Å². The third kappa shape index (κ3) is 3.98. The highest BCUT2D eigenvalue weighted by molar-refractivity contribution is 5.76. The molecule has 2 aliphatic rings. The smallest absolute Gasteiger partial charge is 0.220 e. The van der Waals surface area contributed by atoms with Crippen molar-refractivity contribution in [3.8, 4) is 0 Å². The zero-order valence-corrected chi connectivity index (χ0v) is 11.0. The number of nitrogens with one attached hydrogen (secondary N) is 2. The van der Waals surface area contributed by atoms with E-state index in [9.17, 15) is 4.79 Å². The fourth-order valence-electron chi connectivity index (χ4n) is 3.11. The van der Waals surface area contributed by atoms with Crippen molar-refractivity contribution in [1.29, 1.82) is 0 Å². The predicted molar refractivity (Wildman–Crippen MR) is 69.8 cm³/mol. The van der Waals surface area contributed by atoms with Crippen LogP contribution in [0.15, 0.2) is 0 Å². The topological polar surface area (TPSA) is 41.1 Å². The third-order valence-corrected chi connectivity index (χ3v) is 4.34. The maximum atomic E-state index is 11.8. The van der Waals surface area contributed by atoms with Gasteiger partial charge in [-0.15, -0.1) is 0 Å². The Labute approximate surface area is 105 Å². The lowest BCUT2D eigenvalue weighted by Crippen LogP contribution is -2.38. The van der Waals surface area contributed by atoms with Gasteiger partial charge in [-0.25, -0.2) is 0 Å². The molecule has 1 aliphatic carbocycles. The van der Waals surface area contributed by atoms with E-state index in [-0.39, 0.29) is 5.91 Å². The lowest BCUT2D eigenvalue weighted by Gasteiger charge is -2.23. The van der Waals surface area contributed by atoms with Crippen molar-refractivity contribution < 1.29 is 4.79 Å². The van der Waals surface area contributed by atoms with E-state index in [0.29, 0.717) is 24.4 Å². The van der Waals surface area contributed by atoms with Crippen molar-refractivity contribution in [2.24, 2.45) is 5.92 Å². The molecule has 1 aliphatic heterocycles. The average molecular weight is 238 g/mol. The van der Waals surface area contributed by atoms with Crippen LogP contribution in [-0.2, 0) is 4.79 Å². The molecule has 1 amide bonds. The van der Waals surface area contributed by atoms with Gasteiger partial charge in [-0.2, -0.15) is 0 Å². The highest BCUT2D eigenvalue weighted by Gasteiger charge is 2.24. The number of piperidine rings is 1. The first-order valence-electron chi connectivity index (χ1n) is 7.28. The minimum absolute atomic E-state index is 0.260. The number of hydrogen-bond acceptors (Lipinski definition) is 2. The number of carbonyl (C=O) groups is 1. The molecule has 3 nitrogen and oxygen atoms in total. The van der Waals surface area contributed by atoms with Crippen LogP contribution >= 0.6 is 0 Å². The van der Waals surface area contributed by atoms with Gasteiger partial charge in [0.1, 0.15) is 0 Å². The molecule has 0 aromatic carbocycles. The zero-order chi connectivity index (χ0) is 12.1. The minimum atomic E-state index is 0.260. The summed E-state index contributed by atoms with van der Waals surface area (Å²) < 4.78 is 0. The molecule has 2 N–H and O–H groups in total. The molecule has 0 aromatic rings. The first kappa shape index (κ1) is 12.9.